The van der Waals surface area contributed by atoms with Crippen LogP contribution in [0.3, 0.4) is 0 Å². The summed E-state index contributed by atoms with van der Waals surface area (Å²) in [5.74, 6) is 0. The van der Waals surface area contributed by atoms with E-state index in [1.807, 2.05) is 60.7 Å². The van der Waals surface area contributed by atoms with Crippen molar-refractivity contribution >= 4 is 138 Å². The average Bonchev–Trinajstić information content (AvgIpc) is 3.44. The fourth-order valence-electron chi connectivity index (χ4n) is 13.2. The van der Waals surface area contributed by atoms with E-state index >= 15 is 0 Å². The van der Waals surface area contributed by atoms with E-state index in [2.05, 4.69) is 227 Å². The van der Waals surface area contributed by atoms with Gasteiger partial charge in [-0.2, -0.15) is 10.5 Å². The first-order chi connectivity index (χ1) is 41.1. The van der Waals surface area contributed by atoms with Crippen LogP contribution in [0.25, 0.3) is 126 Å². The van der Waals surface area contributed by atoms with Crippen LogP contribution in [0, 0.1) is 22.7 Å². The Hall–Kier alpha value is -11.6. The Labute approximate surface area is 475 Å². The molecule has 83 heavy (non-hydrogen) atoms. The van der Waals surface area contributed by atoms with Gasteiger partial charge in [0.1, 0.15) is 11.2 Å². The Balaban J connectivity index is 0.912. The Morgan fingerprint density at radius 3 is 1.43 bits per heavy atom. The maximum atomic E-state index is 10.1. The van der Waals surface area contributed by atoms with Crippen LogP contribution in [0.4, 0.5) is 34.1 Å². The van der Waals surface area contributed by atoms with Gasteiger partial charge in [-0.05, 0) is 118 Å². The number of benzene rings is 13. The molecule has 0 radical (unpaired) electrons. The molecule has 0 N–H and O–H groups in total. The average molecular weight is 1060 g/mol. The quantitative estimate of drug-likeness (QED) is 0.151. The van der Waals surface area contributed by atoms with Gasteiger partial charge < -0.3 is 23.0 Å². The van der Waals surface area contributed by atoms with Crippen LogP contribution in [0.1, 0.15) is 11.1 Å². The molecule has 384 valence electrons. The lowest BCUT2D eigenvalue weighted by atomic mass is 10.00. The highest BCUT2D eigenvalue weighted by molar-refractivity contribution is 6.32. The van der Waals surface area contributed by atoms with Crippen molar-refractivity contribution in [3.63, 3.8) is 0 Å². The number of rotatable bonds is 8. The molecule has 17 aromatic rings. The largest absolute Gasteiger partial charge is 0.453 e. The molecule has 7 heteroatoms. The summed E-state index contributed by atoms with van der Waals surface area (Å²) in [5.41, 5.74) is 17.4. The van der Waals surface area contributed by atoms with Gasteiger partial charge in [0, 0.05) is 76.7 Å². The normalized spacial score (nSPS) is 11.8. The highest BCUT2D eigenvalue weighted by Gasteiger charge is 2.29. The lowest BCUT2D eigenvalue weighted by molar-refractivity contribution is 0.670. The van der Waals surface area contributed by atoms with E-state index in [0.29, 0.717) is 11.1 Å². The number of furan rings is 2. The van der Waals surface area contributed by atoms with Crippen LogP contribution < -0.4 is 9.80 Å². The first-order valence-corrected chi connectivity index (χ1v) is 27.8. The number of aromatic nitrogens is 1. The van der Waals surface area contributed by atoms with E-state index in [1.54, 1.807) is 0 Å². The molecule has 0 amide bonds. The van der Waals surface area contributed by atoms with Crippen molar-refractivity contribution in [3.05, 3.63) is 272 Å². The number of anilines is 6. The van der Waals surface area contributed by atoms with Crippen molar-refractivity contribution in [1.29, 1.82) is 10.5 Å². The van der Waals surface area contributed by atoms with Gasteiger partial charge in [-0.1, -0.05) is 170 Å². The third kappa shape index (κ3) is 6.90. The van der Waals surface area contributed by atoms with Gasteiger partial charge in [0.05, 0.1) is 56.9 Å². The van der Waals surface area contributed by atoms with Crippen LogP contribution >= 0.6 is 0 Å². The number of nitrogens with zero attached hydrogens (tertiary/aromatic N) is 5. The van der Waals surface area contributed by atoms with Crippen molar-refractivity contribution < 1.29 is 8.83 Å². The molecule has 0 unspecified atom stereocenters. The summed E-state index contributed by atoms with van der Waals surface area (Å²) in [7, 11) is 0. The van der Waals surface area contributed by atoms with Gasteiger partial charge in [0.25, 0.3) is 0 Å². The van der Waals surface area contributed by atoms with Crippen molar-refractivity contribution in [2.45, 2.75) is 0 Å². The zero-order valence-corrected chi connectivity index (χ0v) is 44.4. The molecule has 13 aromatic carbocycles. The minimum absolute atomic E-state index is 0.583. The summed E-state index contributed by atoms with van der Waals surface area (Å²) >= 11 is 0. The summed E-state index contributed by atoms with van der Waals surface area (Å²) in [5, 5.41) is 33.1. The Morgan fingerprint density at radius 1 is 0.313 bits per heavy atom. The maximum absolute atomic E-state index is 10.1. The summed E-state index contributed by atoms with van der Waals surface area (Å²) in [6.45, 7) is 0. The van der Waals surface area contributed by atoms with Gasteiger partial charge in [-0.3, -0.25) is 0 Å². The summed E-state index contributed by atoms with van der Waals surface area (Å²) < 4.78 is 16.7. The highest BCUT2D eigenvalue weighted by Crippen LogP contribution is 2.52. The zero-order valence-electron chi connectivity index (χ0n) is 44.4. The number of fused-ring (bicyclic) bond motifs is 15. The summed E-state index contributed by atoms with van der Waals surface area (Å²) in [6, 6.07) is 95.9. The van der Waals surface area contributed by atoms with Gasteiger partial charge >= 0.3 is 0 Å². The molecular weight excluding hydrogens is 1010 g/mol. The van der Waals surface area contributed by atoms with E-state index in [9.17, 15) is 10.5 Å². The Morgan fingerprint density at radius 2 is 0.819 bits per heavy atom. The first-order valence-electron chi connectivity index (χ1n) is 27.8. The molecule has 0 aliphatic rings. The minimum atomic E-state index is 0.583. The molecule has 0 saturated heterocycles. The fourth-order valence-corrected chi connectivity index (χ4v) is 13.2. The lowest BCUT2D eigenvalue weighted by Crippen LogP contribution is -2.10. The number of hydrogen-bond acceptors (Lipinski definition) is 6. The second-order valence-electron chi connectivity index (χ2n) is 21.4. The van der Waals surface area contributed by atoms with Crippen molar-refractivity contribution in [2.24, 2.45) is 0 Å². The van der Waals surface area contributed by atoms with Crippen molar-refractivity contribution in [3.8, 4) is 34.4 Å². The molecular formula is C76H43N5O2. The molecule has 0 aliphatic heterocycles. The van der Waals surface area contributed by atoms with E-state index in [-0.39, 0.29) is 0 Å². The zero-order chi connectivity index (χ0) is 54.9. The molecule has 0 fully saturated rings. The Bertz CT molecular complexity index is 5590. The number of para-hydroxylation sites is 4. The molecule has 0 atom stereocenters. The summed E-state index contributed by atoms with van der Waals surface area (Å²) in [6.07, 6.45) is 0. The summed E-state index contributed by atoms with van der Waals surface area (Å²) in [4.78, 5) is 4.57. The van der Waals surface area contributed by atoms with Crippen LogP contribution in [0.5, 0.6) is 0 Å². The van der Waals surface area contributed by atoms with Gasteiger partial charge in [0.2, 0.25) is 0 Å². The SMILES string of the molecule is N#Cc1ccc(N(c2ccc3cc4c5ccc(N(c6ccc(C#N)cc6)c6cccc7c6oc6c(-c8ccccc8)cccc67)c6c7ccc8ccccc8c7n(c4cc3c2)c56)c2cccc3c2oc2c(-c4ccccc4)cccc23)cc1. The second-order valence-corrected chi connectivity index (χ2v) is 21.4. The van der Waals surface area contributed by atoms with E-state index in [4.69, 9.17) is 8.83 Å². The number of nitriles is 2. The van der Waals surface area contributed by atoms with E-state index in [1.165, 1.54) is 0 Å². The molecule has 4 aromatic heterocycles. The molecule has 17 rings (SSSR count). The van der Waals surface area contributed by atoms with Crippen LogP contribution in [-0.2, 0) is 0 Å². The smallest absolute Gasteiger partial charge is 0.159 e. The van der Waals surface area contributed by atoms with Crippen molar-refractivity contribution in [2.75, 3.05) is 9.80 Å². The third-order valence-corrected chi connectivity index (χ3v) is 16.9. The van der Waals surface area contributed by atoms with Gasteiger partial charge in [-0.25, -0.2) is 0 Å². The second kappa shape index (κ2) is 17.9. The molecule has 0 bridgehead atoms. The predicted molar refractivity (Wildman–Crippen MR) is 340 cm³/mol. The third-order valence-electron chi connectivity index (χ3n) is 16.9. The van der Waals surface area contributed by atoms with E-state index in [0.717, 1.165) is 160 Å². The van der Waals surface area contributed by atoms with Gasteiger partial charge in [0.15, 0.2) is 11.2 Å². The molecule has 0 spiro atoms. The standard InChI is InChI=1S/C76H43N5O2/c77-44-46-27-33-53(34-28-46)79(67-25-11-23-62-60-21-9-19-57(73(60)82-75(62)67)48-13-3-1-4-14-48)55-37-31-51-42-65-59-39-40-66(70-64-38-32-50-17-7-8-18-56(50)71(64)81(72(59)70)69(65)43-52(51)41-55)80(54-35-29-47(45-78)30-36-54)68-26-12-24-63-61-22-10-20-58(74(61)83-76(63)68)49-15-5-2-6-16-49/h1-43H. The molecule has 4 heterocycles. The van der Waals surface area contributed by atoms with Crippen molar-refractivity contribution in [1.82, 2.24) is 4.40 Å². The number of hydrogen-bond donors (Lipinski definition) is 0. The monoisotopic (exact) mass is 1060 g/mol. The van der Waals surface area contributed by atoms with Crippen LogP contribution in [-0.4, -0.2) is 4.40 Å². The minimum Gasteiger partial charge on any atom is -0.453 e. The molecule has 0 aliphatic carbocycles. The molecule has 0 saturated carbocycles. The van der Waals surface area contributed by atoms with E-state index < -0.39 is 0 Å². The topological polar surface area (TPSA) is 84.8 Å². The fraction of sp³-hybridized carbons (Fsp3) is 0. The van der Waals surface area contributed by atoms with Crippen LogP contribution in [0.15, 0.2) is 270 Å². The highest BCUT2D eigenvalue weighted by atomic mass is 16.3. The van der Waals surface area contributed by atoms with Gasteiger partial charge in [-0.15, -0.1) is 0 Å². The maximum Gasteiger partial charge on any atom is 0.159 e. The van der Waals surface area contributed by atoms with Crippen LogP contribution in [0.2, 0.25) is 0 Å². The lowest BCUT2D eigenvalue weighted by Gasteiger charge is -2.26. The molecule has 7 nitrogen and oxygen atoms in total. The first kappa shape index (κ1) is 46.3. The predicted octanol–water partition coefficient (Wildman–Crippen LogP) is 21.0. The Kier molecular flexibility index (Phi) is 10.0.